The standard InChI is InChI=1S/C42H78N2Si4/c1-14-27-45(8,9)30-19-34-48(35-20-31-46(10,11)28-15-2,36-21-32-47(12,13)29-16-3)33-18-24-43-25-26-44(37-43)42-40(38(4)5)22-17-23-41(42)39(6)7/h14-17,22-23,25-26,38-39H,1-3,18-21,24,27-37H2,4-13H3. The molecule has 1 aliphatic heterocycles. The minimum Gasteiger partial charge on any atom is -0.358 e. The summed E-state index contributed by atoms with van der Waals surface area (Å²) in [5, 5.41) is 0. The molecule has 1 aromatic rings. The lowest BCUT2D eigenvalue weighted by molar-refractivity contribution is 0.404. The van der Waals surface area contributed by atoms with Crippen LogP contribution in [0.5, 0.6) is 0 Å². The van der Waals surface area contributed by atoms with Crippen LogP contribution in [0.25, 0.3) is 0 Å². The highest BCUT2D eigenvalue weighted by Gasteiger charge is 2.34. The van der Waals surface area contributed by atoms with Gasteiger partial charge in [0.1, 0.15) is 0 Å². The van der Waals surface area contributed by atoms with Gasteiger partial charge in [0, 0.05) is 24.6 Å². The zero-order chi connectivity index (χ0) is 36.0. The van der Waals surface area contributed by atoms with E-state index in [2.05, 4.69) is 145 Å². The first-order valence-corrected chi connectivity index (χ1v) is 32.7. The molecule has 0 amide bonds. The molecule has 0 bridgehead atoms. The molecule has 0 saturated heterocycles. The number of hydrogen-bond donors (Lipinski definition) is 0. The Morgan fingerprint density at radius 3 is 1.38 bits per heavy atom. The fraction of sp³-hybridized carbons (Fsp3) is 0.667. The van der Waals surface area contributed by atoms with E-state index in [0.717, 1.165) is 6.67 Å². The van der Waals surface area contributed by atoms with E-state index in [1.54, 1.807) is 18.1 Å². The van der Waals surface area contributed by atoms with Gasteiger partial charge >= 0.3 is 0 Å². The van der Waals surface area contributed by atoms with E-state index < -0.39 is 32.3 Å². The molecule has 0 fully saturated rings. The molecular weight excluding hydrogens is 645 g/mol. The highest BCUT2D eigenvalue weighted by molar-refractivity contribution is 6.82. The number of anilines is 1. The first-order chi connectivity index (χ1) is 22.5. The molecule has 0 unspecified atom stereocenters. The molecule has 0 atom stereocenters. The molecule has 0 aliphatic carbocycles. The van der Waals surface area contributed by atoms with E-state index in [9.17, 15) is 0 Å². The van der Waals surface area contributed by atoms with E-state index in [1.165, 1.54) is 91.4 Å². The van der Waals surface area contributed by atoms with Crippen molar-refractivity contribution in [3.05, 3.63) is 79.7 Å². The van der Waals surface area contributed by atoms with Crippen LogP contribution < -0.4 is 4.90 Å². The lowest BCUT2D eigenvalue weighted by Gasteiger charge is -2.36. The van der Waals surface area contributed by atoms with E-state index >= 15 is 0 Å². The Hall–Kier alpha value is -1.35. The summed E-state index contributed by atoms with van der Waals surface area (Å²) in [5.41, 5.74) is 4.41. The van der Waals surface area contributed by atoms with Crippen LogP contribution in [-0.4, -0.2) is 50.4 Å². The molecule has 0 radical (unpaired) electrons. The second-order valence-electron chi connectivity index (χ2n) is 18.5. The fourth-order valence-electron chi connectivity index (χ4n) is 8.31. The van der Waals surface area contributed by atoms with Crippen LogP contribution in [0.4, 0.5) is 5.69 Å². The average Bonchev–Trinajstić information content (AvgIpc) is 3.44. The van der Waals surface area contributed by atoms with E-state index in [1.807, 2.05) is 0 Å². The Balaban J connectivity index is 2.25. The summed E-state index contributed by atoms with van der Waals surface area (Å²) in [5.74, 6) is 1.04. The third-order valence-corrected chi connectivity index (χ3v) is 26.3. The molecule has 0 aromatic heterocycles. The topological polar surface area (TPSA) is 6.48 Å². The van der Waals surface area contributed by atoms with Crippen molar-refractivity contribution >= 4 is 38.0 Å². The van der Waals surface area contributed by atoms with Crippen molar-refractivity contribution < 1.29 is 0 Å². The average molecular weight is 723 g/mol. The predicted molar refractivity (Wildman–Crippen MR) is 233 cm³/mol. The molecule has 1 aliphatic rings. The largest absolute Gasteiger partial charge is 0.358 e. The summed E-state index contributed by atoms with van der Waals surface area (Å²) < 4.78 is 0. The van der Waals surface area contributed by atoms with Crippen molar-refractivity contribution in [2.45, 2.75) is 165 Å². The van der Waals surface area contributed by atoms with Crippen LogP contribution in [0.3, 0.4) is 0 Å². The van der Waals surface area contributed by atoms with Gasteiger partial charge in [-0.3, -0.25) is 0 Å². The first-order valence-electron chi connectivity index (χ1n) is 19.6. The molecule has 2 nitrogen and oxygen atoms in total. The summed E-state index contributed by atoms with van der Waals surface area (Å²) in [7, 11) is -5.02. The summed E-state index contributed by atoms with van der Waals surface area (Å²) in [6.45, 7) is 39.5. The first kappa shape index (κ1) is 42.8. The predicted octanol–water partition coefficient (Wildman–Crippen LogP) is 14.2. The zero-order valence-corrected chi connectivity index (χ0v) is 37.6. The molecular formula is C42H78N2Si4. The minimum atomic E-state index is -1.44. The Labute approximate surface area is 304 Å². The Morgan fingerprint density at radius 2 is 1.00 bits per heavy atom. The van der Waals surface area contributed by atoms with Crippen LogP contribution in [0.15, 0.2) is 68.6 Å². The van der Waals surface area contributed by atoms with Crippen LogP contribution >= 0.6 is 0 Å². The number of rotatable bonds is 25. The molecule has 2 rings (SSSR count). The van der Waals surface area contributed by atoms with Gasteiger partial charge in [-0.2, -0.15) is 0 Å². The van der Waals surface area contributed by atoms with Crippen molar-refractivity contribution in [3.63, 3.8) is 0 Å². The van der Waals surface area contributed by atoms with Crippen LogP contribution in [0, 0.1) is 0 Å². The third kappa shape index (κ3) is 14.5. The van der Waals surface area contributed by atoms with Crippen LogP contribution in [0.1, 0.15) is 76.3 Å². The minimum absolute atomic E-state index is 0.520. The number of benzene rings is 1. The quantitative estimate of drug-likeness (QED) is 0.0732. The van der Waals surface area contributed by atoms with Gasteiger partial charge < -0.3 is 9.80 Å². The maximum absolute atomic E-state index is 4.11. The van der Waals surface area contributed by atoms with Gasteiger partial charge in [0.05, 0.1) is 39.0 Å². The second kappa shape index (κ2) is 19.9. The van der Waals surface area contributed by atoms with E-state index in [4.69, 9.17) is 0 Å². The zero-order valence-electron chi connectivity index (χ0n) is 33.6. The molecule has 1 aromatic carbocycles. The summed E-state index contributed by atoms with van der Waals surface area (Å²) in [4.78, 5) is 5.15. The van der Waals surface area contributed by atoms with Gasteiger partial charge in [0.2, 0.25) is 0 Å². The molecule has 0 N–H and O–H groups in total. The van der Waals surface area contributed by atoms with Crippen LogP contribution in [0.2, 0.25) is 99.7 Å². The Bertz CT molecular complexity index is 1070. The highest BCUT2D eigenvalue weighted by atomic mass is 28.3. The van der Waals surface area contributed by atoms with Crippen molar-refractivity contribution in [2.24, 2.45) is 0 Å². The van der Waals surface area contributed by atoms with Gasteiger partial charge in [-0.25, -0.2) is 0 Å². The normalized spacial score (nSPS) is 14.4. The van der Waals surface area contributed by atoms with Crippen molar-refractivity contribution in [3.8, 4) is 0 Å². The highest BCUT2D eigenvalue weighted by Crippen LogP contribution is 2.39. The Kier molecular flexibility index (Phi) is 17.7. The van der Waals surface area contributed by atoms with Gasteiger partial charge in [-0.15, -0.1) is 19.7 Å². The molecule has 0 spiro atoms. The molecule has 48 heavy (non-hydrogen) atoms. The maximum Gasteiger partial charge on any atom is 0.0942 e. The van der Waals surface area contributed by atoms with Crippen molar-refractivity contribution in [1.82, 2.24) is 4.90 Å². The number of hydrogen-bond acceptors (Lipinski definition) is 2. The molecule has 6 heteroatoms. The number of para-hydroxylation sites is 1. The second-order valence-corrected chi connectivity index (χ2v) is 39.2. The number of allylic oxidation sites excluding steroid dienone is 3. The Morgan fingerprint density at radius 1 is 0.604 bits per heavy atom. The van der Waals surface area contributed by atoms with Crippen molar-refractivity contribution in [1.29, 1.82) is 0 Å². The summed E-state index contributed by atoms with van der Waals surface area (Å²) >= 11 is 0. The van der Waals surface area contributed by atoms with E-state index in [-0.39, 0.29) is 0 Å². The van der Waals surface area contributed by atoms with Gasteiger partial charge in [0.15, 0.2) is 0 Å². The van der Waals surface area contributed by atoms with E-state index in [0.29, 0.717) is 11.8 Å². The molecule has 272 valence electrons. The van der Waals surface area contributed by atoms with Crippen molar-refractivity contribution in [2.75, 3.05) is 18.1 Å². The molecule has 0 saturated carbocycles. The van der Waals surface area contributed by atoms with Crippen LogP contribution in [-0.2, 0) is 0 Å². The monoisotopic (exact) mass is 723 g/mol. The lowest BCUT2D eigenvalue weighted by Crippen LogP contribution is -2.37. The fourth-order valence-corrected chi connectivity index (χ4v) is 20.9. The molecule has 1 heterocycles. The SMILES string of the molecule is C=CC[Si](C)(C)CCC[Si](CCCN1C=CN(c2c(C(C)C)cccc2C(C)C)C1)(CCC[Si](C)(C)CC=C)CCC[Si](C)(C)CC=C. The third-order valence-electron chi connectivity index (χ3n) is 11.3. The smallest absolute Gasteiger partial charge is 0.0942 e. The lowest BCUT2D eigenvalue weighted by atomic mass is 9.92. The summed E-state index contributed by atoms with van der Waals surface area (Å²) in [6, 6.07) is 21.3. The maximum atomic E-state index is 4.11. The van der Waals surface area contributed by atoms with Gasteiger partial charge in [-0.1, -0.05) is 165 Å². The van der Waals surface area contributed by atoms with Gasteiger partial charge in [0.25, 0.3) is 0 Å². The van der Waals surface area contributed by atoms with Gasteiger partial charge in [-0.05, 0) is 47.5 Å². The number of nitrogens with zero attached hydrogens (tertiary/aromatic N) is 2. The summed E-state index contributed by atoms with van der Waals surface area (Å²) in [6.07, 6.45) is 17.1.